The standard InChI is InChI=1S/C7H2BrClN2O/c8-5-1-4(2-10)3-11-6(5)7(9)12/h1,3H. The van der Waals surface area contributed by atoms with Crippen molar-refractivity contribution < 1.29 is 4.79 Å². The Balaban J connectivity index is 3.23. The zero-order valence-electron chi connectivity index (χ0n) is 5.71. The van der Waals surface area contributed by atoms with Gasteiger partial charge in [0.05, 0.1) is 5.56 Å². The molecule has 0 aromatic carbocycles. The van der Waals surface area contributed by atoms with Crippen LogP contribution in [0.3, 0.4) is 0 Å². The molecule has 0 unspecified atom stereocenters. The Morgan fingerprint density at radius 2 is 2.42 bits per heavy atom. The second kappa shape index (κ2) is 3.65. The molecule has 0 amide bonds. The first-order chi connectivity index (χ1) is 5.65. The summed E-state index contributed by atoms with van der Waals surface area (Å²) < 4.78 is 0.432. The van der Waals surface area contributed by atoms with E-state index in [0.29, 0.717) is 10.0 Å². The number of aromatic nitrogens is 1. The van der Waals surface area contributed by atoms with Gasteiger partial charge in [0.2, 0.25) is 0 Å². The zero-order valence-corrected chi connectivity index (χ0v) is 8.06. The summed E-state index contributed by atoms with van der Waals surface area (Å²) in [4.78, 5) is 14.4. The molecule has 3 nitrogen and oxygen atoms in total. The number of nitriles is 1. The van der Waals surface area contributed by atoms with Gasteiger partial charge in [0, 0.05) is 10.7 Å². The molecule has 0 saturated carbocycles. The summed E-state index contributed by atoms with van der Waals surface area (Å²) >= 11 is 8.26. The van der Waals surface area contributed by atoms with Crippen LogP contribution in [0.15, 0.2) is 16.7 Å². The Morgan fingerprint density at radius 3 is 2.83 bits per heavy atom. The van der Waals surface area contributed by atoms with Crippen LogP contribution in [0.2, 0.25) is 0 Å². The highest BCUT2D eigenvalue weighted by Gasteiger charge is 2.08. The topological polar surface area (TPSA) is 53.8 Å². The average molecular weight is 245 g/mol. The van der Waals surface area contributed by atoms with E-state index in [1.54, 1.807) is 0 Å². The first-order valence-electron chi connectivity index (χ1n) is 2.90. The summed E-state index contributed by atoms with van der Waals surface area (Å²) in [6.45, 7) is 0. The maximum atomic E-state index is 10.7. The number of rotatable bonds is 1. The van der Waals surface area contributed by atoms with Crippen LogP contribution in [0.4, 0.5) is 0 Å². The van der Waals surface area contributed by atoms with Crippen LogP contribution >= 0.6 is 27.5 Å². The number of hydrogen-bond donors (Lipinski definition) is 0. The van der Waals surface area contributed by atoms with Crippen LogP contribution in [0.25, 0.3) is 0 Å². The third-order valence-electron chi connectivity index (χ3n) is 1.16. The van der Waals surface area contributed by atoms with Gasteiger partial charge in [-0.1, -0.05) is 0 Å². The van der Waals surface area contributed by atoms with Gasteiger partial charge in [-0.3, -0.25) is 4.79 Å². The van der Waals surface area contributed by atoms with Crippen molar-refractivity contribution in [2.75, 3.05) is 0 Å². The van der Waals surface area contributed by atoms with E-state index < -0.39 is 5.24 Å². The third kappa shape index (κ3) is 1.81. The van der Waals surface area contributed by atoms with E-state index in [-0.39, 0.29) is 5.69 Å². The lowest BCUT2D eigenvalue weighted by atomic mass is 10.3. The largest absolute Gasteiger partial charge is 0.274 e. The summed E-state index contributed by atoms with van der Waals surface area (Å²) in [5.74, 6) is 0. The zero-order chi connectivity index (χ0) is 9.14. The molecule has 0 bridgehead atoms. The molecule has 0 saturated heterocycles. The molecule has 1 rings (SSSR count). The molecular weight excluding hydrogens is 243 g/mol. The maximum absolute atomic E-state index is 10.7. The molecular formula is C7H2BrClN2O. The second-order valence-corrected chi connectivity index (χ2v) is 3.14. The molecule has 0 aliphatic carbocycles. The highest BCUT2D eigenvalue weighted by molar-refractivity contribution is 9.10. The minimum Gasteiger partial charge on any atom is -0.274 e. The van der Waals surface area contributed by atoms with Crippen LogP contribution in [-0.4, -0.2) is 10.2 Å². The highest BCUT2D eigenvalue weighted by atomic mass is 79.9. The number of halogens is 2. The fourth-order valence-electron chi connectivity index (χ4n) is 0.644. The quantitative estimate of drug-likeness (QED) is 0.712. The summed E-state index contributed by atoms with van der Waals surface area (Å²) in [7, 11) is 0. The minimum atomic E-state index is -0.647. The van der Waals surface area contributed by atoms with Gasteiger partial charge in [0.15, 0.2) is 0 Å². The summed E-state index contributed by atoms with van der Waals surface area (Å²) in [5.41, 5.74) is 0.499. The van der Waals surface area contributed by atoms with Crippen molar-refractivity contribution in [3.63, 3.8) is 0 Å². The smallest absolute Gasteiger partial charge is 0.271 e. The first kappa shape index (κ1) is 9.17. The lowest BCUT2D eigenvalue weighted by Gasteiger charge is -1.96. The molecule has 60 valence electrons. The van der Waals surface area contributed by atoms with Gasteiger partial charge in [-0.25, -0.2) is 4.98 Å². The first-order valence-corrected chi connectivity index (χ1v) is 4.07. The Kier molecular flexibility index (Phi) is 2.79. The molecule has 0 N–H and O–H groups in total. The molecule has 5 heteroatoms. The van der Waals surface area contributed by atoms with E-state index in [0.717, 1.165) is 0 Å². The van der Waals surface area contributed by atoms with Crippen molar-refractivity contribution in [2.24, 2.45) is 0 Å². The van der Waals surface area contributed by atoms with Crippen molar-refractivity contribution in [3.05, 3.63) is 28.0 Å². The van der Waals surface area contributed by atoms with Gasteiger partial charge in [-0.2, -0.15) is 5.26 Å². The van der Waals surface area contributed by atoms with Gasteiger partial charge < -0.3 is 0 Å². The third-order valence-corrected chi connectivity index (χ3v) is 1.94. The van der Waals surface area contributed by atoms with Crippen LogP contribution < -0.4 is 0 Å². The van der Waals surface area contributed by atoms with Gasteiger partial charge >= 0.3 is 0 Å². The predicted octanol–water partition coefficient (Wildman–Crippen LogP) is 2.09. The molecule has 0 aliphatic heterocycles. The Hall–Kier alpha value is -0.920. The predicted molar refractivity (Wildman–Crippen MR) is 46.8 cm³/mol. The number of carbonyl (C=O) groups is 1. The van der Waals surface area contributed by atoms with Crippen LogP contribution in [0.1, 0.15) is 16.1 Å². The van der Waals surface area contributed by atoms with Crippen molar-refractivity contribution in [3.8, 4) is 6.07 Å². The summed E-state index contributed by atoms with van der Waals surface area (Å²) in [6, 6.07) is 3.38. The normalized spacial score (nSPS) is 9.08. The molecule has 1 aromatic rings. The highest BCUT2D eigenvalue weighted by Crippen LogP contribution is 2.17. The fraction of sp³-hybridized carbons (Fsp3) is 0. The summed E-state index contributed by atoms with van der Waals surface area (Å²) in [5, 5.41) is 7.82. The molecule has 1 aromatic heterocycles. The lowest BCUT2D eigenvalue weighted by Crippen LogP contribution is -1.95. The average Bonchev–Trinajstić information content (AvgIpc) is 2.03. The molecule has 0 spiro atoms. The Bertz CT molecular complexity index is 372. The molecule has 1 heterocycles. The SMILES string of the molecule is N#Cc1cnc(C(=O)Cl)c(Br)c1. The number of pyridine rings is 1. The van der Waals surface area contributed by atoms with Crippen LogP contribution in [0, 0.1) is 11.3 Å². The molecule has 0 radical (unpaired) electrons. The lowest BCUT2D eigenvalue weighted by molar-refractivity contribution is 0.107. The Morgan fingerprint density at radius 1 is 1.75 bits per heavy atom. The van der Waals surface area contributed by atoms with Gasteiger partial charge in [0.1, 0.15) is 11.8 Å². The molecule has 0 atom stereocenters. The maximum Gasteiger partial charge on any atom is 0.271 e. The van der Waals surface area contributed by atoms with E-state index in [1.807, 2.05) is 6.07 Å². The van der Waals surface area contributed by atoms with Crippen molar-refractivity contribution in [1.29, 1.82) is 5.26 Å². The van der Waals surface area contributed by atoms with Crippen molar-refractivity contribution in [2.45, 2.75) is 0 Å². The second-order valence-electron chi connectivity index (χ2n) is 1.94. The van der Waals surface area contributed by atoms with Gasteiger partial charge in [0.25, 0.3) is 5.24 Å². The molecule has 0 aliphatic rings. The van der Waals surface area contributed by atoms with Gasteiger partial charge in [-0.05, 0) is 33.6 Å². The van der Waals surface area contributed by atoms with Gasteiger partial charge in [-0.15, -0.1) is 0 Å². The fourth-order valence-corrected chi connectivity index (χ4v) is 1.44. The van der Waals surface area contributed by atoms with Crippen molar-refractivity contribution in [1.82, 2.24) is 4.98 Å². The van der Waals surface area contributed by atoms with Crippen LogP contribution in [-0.2, 0) is 0 Å². The van der Waals surface area contributed by atoms with E-state index in [9.17, 15) is 4.79 Å². The van der Waals surface area contributed by atoms with E-state index in [1.165, 1.54) is 12.3 Å². The monoisotopic (exact) mass is 244 g/mol. The minimum absolute atomic E-state index is 0.121. The van der Waals surface area contributed by atoms with E-state index in [4.69, 9.17) is 16.9 Å². The van der Waals surface area contributed by atoms with Crippen molar-refractivity contribution >= 4 is 32.8 Å². The number of carbonyl (C=O) groups excluding carboxylic acids is 1. The number of nitrogens with zero attached hydrogens (tertiary/aromatic N) is 2. The number of hydrogen-bond acceptors (Lipinski definition) is 3. The van der Waals surface area contributed by atoms with Crippen LogP contribution in [0.5, 0.6) is 0 Å². The summed E-state index contributed by atoms with van der Waals surface area (Å²) in [6.07, 6.45) is 1.29. The molecule has 12 heavy (non-hydrogen) atoms. The molecule has 0 fully saturated rings. The van der Waals surface area contributed by atoms with E-state index in [2.05, 4.69) is 20.9 Å². The van der Waals surface area contributed by atoms with E-state index >= 15 is 0 Å². The Labute approximate surface area is 82.1 Å².